The van der Waals surface area contributed by atoms with Gasteiger partial charge < -0.3 is 19.3 Å². The third kappa shape index (κ3) is 6.08. The predicted molar refractivity (Wildman–Crippen MR) is 122 cm³/mol. The second-order valence-electron chi connectivity index (χ2n) is 7.17. The molecule has 2 aromatic rings. The Labute approximate surface area is 192 Å². The molecule has 2 aromatic carbocycles. The summed E-state index contributed by atoms with van der Waals surface area (Å²) in [4.78, 5) is 11.8. The fourth-order valence-electron chi connectivity index (χ4n) is 3.21. The molecule has 0 fully saturated rings. The monoisotopic (exact) mass is 481 g/mol. The highest BCUT2D eigenvalue weighted by Crippen LogP contribution is 2.33. The van der Waals surface area contributed by atoms with Crippen LogP contribution in [0.25, 0.3) is 0 Å². The number of sulfonamides is 1. The van der Waals surface area contributed by atoms with E-state index < -0.39 is 22.6 Å². The summed E-state index contributed by atoms with van der Waals surface area (Å²) < 4.78 is 44.2. The van der Waals surface area contributed by atoms with Crippen LogP contribution in [-0.2, 0) is 14.8 Å². The molecule has 0 saturated carbocycles. The molecule has 32 heavy (non-hydrogen) atoms. The number of thioether (sulfide) groups is 1. The molecule has 10 heteroatoms. The van der Waals surface area contributed by atoms with Crippen molar-refractivity contribution in [3.8, 4) is 17.2 Å². The van der Waals surface area contributed by atoms with E-state index in [1.54, 1.807) is 18.2 Å². The van der Waals surface area contributed by atoms with Crippen molar-refractivity contribution in [3.63, 3.8) is 0 Å². The summed E-state index contributed by atoms with van der Waals surface area (Å²) in [5.74, 6) is 1.06. The number of aliphatic carboxylic acids is 1. The van der Waals surface area contributed by atoms with E-state index in [9.17, 15) is 13.2 Å². The van der Waals surface area contributed by atoms with Crippen LogP contribution < -0.4 is 14.2 Å². The van der Waals surface area contributed by atoms with Crippen LogP contribution in [0.2, 0.25) is 0 Å². The number of hydrogen-bond donors (Lipinski definition) is 1. The Morgan fingerprint density at radius 3 is 2.56 bits per heavy atom. The van der Waals surface area contributed by atoms with Crippen LogP contribution in [0.3, 0.4) is 0 Å². The van der Waals surface area contributed by atoms with Gasteiger partial charge in [0.2, 0.25) is 10.0 Å². The minimum atomic E-state index is -3.67. The quantitative estimate of drug-likeness (QED) is 0.487. The summed E-state index contributed by atoms with van der Waals surface area (Å²) in [6.07, 6.45) is 0.698. The van der Waals surface area contributed by atoms with Crippen molar-refractivity contribution >= 4 is 27.8 Å². The zero-order valence-electron chi connectivity index (χ0n) is 18.1. The molecular weight excluding hydrogens is 454 g/mol. The van der Waals surface area contributed by atoms with Gasteiger partial charge in [-0.3, -0.25) is 0 Å². The van der Waals surface area contributed by atoms with Crippen molar-refractivity contribution in [2.45, 2.75) is 30.1 Å². The Kier molecular flexibility index (Phi) is 8.27. The van der Waals surface area contributed by atoms with Gasteiger partial charge in [0, 0.05) is 29.8 Å². The second-order valence-corrected chi connectivity index (χ2v) is 10.3. The Morgan fingerprint density at radius 1 is 1.12 bits per heavy atom. The summed E-state index contributed by atoms with van der Waals surface area (Å²) in [5.41, 5.74) is 0.825. The number of hydrogen-bond acceptors (Lipinski definition) is 7. The van der Waals surface area contributed by atoms with Crippen LogP contribution >= 0.6 is 11.8 Å². The summed E-state index contributed by atoms with van der Waals surface area (Å²) >= 11 is 1.53. The van der Waals surface area contributed by atoms with Gasteiger partial charge in [0.1, 0.15) is 19.0 Å². The van der Waals surface area contributed by atoms with Gasteiger partial charge >= 0.3 is 5.97 Å². The third-order valence-corrected chi connectivity index (χ3v) is 7.60. The molecule has 1 aliphatic rings. The van der Waals surface area contributed by atoms with Crippen molar-refractivity contribution in [1.29, 1.82) is 0 Å². The molecular formula is C22H27NO7S2. The molecule has 0 unspecified atom stereocenters. The number of carboxylic acid groups (broad SMARTS) is 1. The van der Waals surface area contributed by atoms with E-state index in [1.807, 2.05) is 26.0 Å². The van der Waals surface area contributed by atoms with Gasteiger partial charge in [-0.15, -0.1) is 11.8 Å². The predicted octanol–water partition coefficient (Wildman–Crippen LogP) is 3.42. The van der Waals surface area contributed by atoms with Gasteiger partial charge in [-0.2, -0.15) is 4.31 Å². The molecule has 0 atom stereocenters. The van der Waals surface area contributed by atoms with Gasteiger partial charge in [0.25, 0.3) is 0 Å². The van der Waals surface area contributed by atoms with Gasteiger partial charge in [0.15, 0.2) is 18.1 Å². The van der Waals surface area contributed by atoms with E-state index in [0.717, 1.165) is 10.5 Å². The topological polar surface area (TPSA) is 102 Å². The molecule has 0 bridgehead atoms. The van der Waals surface area contributed by atoms with E-state index in [1.165, 1.54) is 22.1 Å². The zero-order valence-corrected chi connectivity index (χ0v) is 19.7. The molecule has 1 heterocycles. The number of nitrogens with zero attached hydrogens (tertiary/aromatic N) is 1. The van der Waals surface area contributed by atoms with Crippen LogP contribution in [0.4, 0.5) is 0 Å². The third-order valence-electron chi connectivity index (χ3n) is 4.73. The lowest BCUT2D eigenvalue weighted by Gasteiger charge is -2.23. The molecule has 0 saturated heterocycles. The van der Waals surface area contributed by atoms with E-state index in [4.69, 9.17) is 19.3 Å². The number of ether oxygens (including phenoxy) is 3. The normalized spacial score (nSPS) is 13.2. The van der Waals surface area contributed by atoms with Crippen LogP contribution in [0.15, 0.2) is 46.2 Å². The molecule has 1 N–H and O–H groups in total. The number of benzene rings is 2. The van der Waals surface area contributed by atoms with Crippen LogP contribution in [0, 0.1) is 6.92 Å². The lowest BCUT2D eigenvalue weighted by Crippen LogP contribution is -2.34. The Morgan fingerprint density at radius 2 is 1.88 bits per heavy atom. The summed E-state index contributed by atoms with van der Waals surface area (Å²) in [6.45, 7) is 5.01. The van der Waals surface area contributed by atoms with Crippen molar-refractivity contribution in [1.82, 2.24) is 4.31 Å². The van der Waals surface area contributed by atoms with Gasteiger partial charge in [0.05, 0.1) is 4.90 Å². The van der Waals surface area contributed by atoms with E-state index in [0.29, 0.717) is 55.7 Å². The first kappa shape index (κ1) is 24.2. The lowest BCUT2D eigenvalue weighted by molar-refractivity contribution is -0.139. The largest absolute Gasteiger partial charge is 0.486 e. The average Bonchev–Trinajstić information content (AvgIpc) is 2.77. The summed E-state index contributed by atoms with van der Waals surface area (Å²) in [6, 6.07) is 10.2. The second kappa shape index (κ2) is 10.9. The Bertz CT molecular complexity index is 1060. The molecule has 0 aromatic heterocycles. The lowest BCUT2D eigenvalue weighted by atomic mass is 10.2. The minimum Gasteiger partial charge on any atom is -0.486 e. The number of fused-ring (bicyclic) bond motifs is 1. The summed E-state index contributed by atoms with van der Waals surface area (Å²) in [5, 5.41) is 8.74. The van der Waals surface area contributed by atoms with Gasteiger partial charge in [-0.05, 0) is 49.2 Å². The number of rotatable bonds is 11. The minimum absolute atomic E-state index is 0.191. The fraction of sp³-hybridized carbons (Fsp3) is 0.409. The zero-order chi connectivity index (χ0) is 23.1. The van der Waals surface area contributed by atoms with Crippen molar-refractivity contribution in [2.24, 2.45) is 0 Å². The first-order chi connectivity index (χ1) is 15.3. The molecule has 0 spiro atoms. The van der Waals surface area contributed by atoms with Crippen molar-refractivity contribution in [2.75, 3.05) is 38.7 Å². The average molecular weight is 482 g/mol. The highest BCUT2D eigenvalue weighted by molar-refractivity contribution is 7.99. The van der Waals surface area contributed by atoms with Gasteiger partial charge in [-0.25, -0.2) is 13.2 Å². The van der Waals surface area contributed by atoms with Crippen LogP contribution in [0.5, 0.6) is 17.2 Å². The smallest absolute Gasteiger partial charge is 0.341 e. The van der Waals surface area contributed by atoms with Crippen molar-refractivity contribution < 1.29 is 32.5 Å². The maximum absolute atomic E-state index is 13.2. The molecule has 0 amide bonds. The molecule has 174 valence electrons. The molecule has 0 radical (unpaired) electrons. The highest BCUT2D eigenvalue weighted by atomic mass is 32.2. The Hall–Kier alpha value is -2.43. The molecule has 0 aliphatic carbocycles. The maximum Gasteiger partial charge on any atom is 0.341 e. The molecule has 3 rings (SSSR count). The highest BCUT2D eigenvalue weighted by Gasteiger charge is 2.26. The van der Waals surface area contributed by atoms with E-state index in [2.05, 4.69) is 0 Å². The van der Waals surface area contributed by atoms with Crippen LogP contribution in [-0.4, -0.2) is 62.5 Å². The van der Waals surface area contributed by atoms with E-state index in [-0.39, 0.29) is 4.90 Å². The number of carbonyl (C=O) groups is 1. The Balaban J connectivity index is 1.65. The van der Waals surface area contributed by atoms with Gasteiger partial charge in [-0.1, -0.05) is 6.92 Å². The van der Waals surface area contributed by atoms with Crippen molar-refractivity contribution in [3.05, 3.63) is 42.0 Å². The first-order valence-electron chi connectivity index (χ1n) is 10.3. The maximum atomic E-state index is 13.2. The van der Waals surface area contributed by atoms with Crippen LogP contribution in [0.1, 0.15) is 18.9 Å². The summed E-state index contributed by atoms with van der Waals surface area (Å²) in [7, 11) is -3.67. The first-order valence-corrected chi connectivity index (χ1v) is 12.7. The number of carboxylic acids is 1. The molecule has 1 aliphatic heterocycles. The SMILES string of the molecule is CCCN(CCSc1ccc(OCC(=O)O)c(C)c1)S(=O)(=O)c1ccc2c(c1)OCCO2. The molecule has 8 nitrogen and oxygen atoms in total. The van der Waals surface area contributed by atoms with E-state index >= 15 is 0 Å². The standard InChI is InChI=1S/C22H27NO7S2/c1-3-8-23(32(26,27)18-5-7-20-21(14-18)29-11-10-28-20)9-12-31-17-4-6-19(16(2)13-17)30-15-22(24)25/h4-7,13-14H,3,8-12,15H2,1-2H3,(H,24,25). The fourth-order valence-corrected chi connectivity index (χ4v) is 5.85. The number of aryl methyl sites for hydroxylation is 1.